The highest BCUT2D eigenvalue weighted by Crippen LogP contribution is 2.41. The van der Waals surface area contributed by atoms with E-state index in [0.717, 1.165) is 17.9 Å². The summed E-state index contributed by atoms with van der Waals surface area (Å²) in [5.41, 5.74) is 0.391. The quantitative estimate of drug-likeness (QED) is 0.808. The molecule has 1 aliphatic carbocycles. The van der Waals surface area contributed by atoms with Crippen LogP contribution in [0.2, 0.25) is 0 Å². The van der Waals surface area contributed by atoms with Gasteiger partial charge in [0.1, 0.15) is 0 Å². The van der Waals surface area contributed by atoms with Gasteiger partial charge in [0.2, 0.25) is 0 Å². The maximum absolute atomic E-state index is 3.84. The summed E-state index contributed by atoms with van der Waals surface area (Å²) in [4.78, 5) is 2.75. The average molecular weight is 252 g/mol. The van der Waals surface area contributed by atoms with E-state index in [0.29, 0.717) is 5.54 Å². The minimum atomic E-state index is 0.391. The van der Waals surface area contributed by atoms with Crippen LogP contribution in [0.4, 0.5) is 0 Å². The van der Waals surface area contributed by atoms with Gasteiger partial charge in [0.25, 0.3) is 0 Å². The second-order valence-electron chi connectivity index (χ2n) is 7.26. The first-order chi connectivity index (χ1) is 8.51. The topological polar surface area (TPSA) is 15.3 Å². The summed E-state index contributed by atoms with van der Waals surface area (Å²) in [6.07, 6.45) is 6.93. The summed E-state index contributed by atoms with van der Waals surface area (Å²) < 4.78 is 0. The lowest BCUT2D eigenvalue weighted by Crippen LogP contribution is -2.51. The molecule has 0 bridgehead atoms. The molecule has 0 aromatic rings. The number of nitrogens with zero attached hydrogens (tertiary/aromatic N) is 1. The van der Waals surface area contributed by atoms with E-state index in [1.54, 1.807) is 0 Å². The highest BCUT2D eigenvalue weighted by Gasteiger charge is 2.43. The van der Waals surface area contributed by atoms with Gasteiger partial charge in [-0.05, 0) is 70.9 Å². The second-order valence-corrected chi connectivity index (χ2v) is 7.26. The Morgan fingerprint density at radius 1 is 1.28 bits per heavy atom. The van der Waals surface area contributed by atoms with Crippen molar-refractivity contribution in [3.05, 3.63) is 0 Å². The van der Waals surface area contributed by atoms with Crippen molar-refractivity contribution in [2.45, 2.75) is 71.4 Å². The lowest BCUT2D eigenvalue weighted by Gasteiger charge is -2.36. The Kier molecular flexibility index (Phi) is 4.71. The van der Waals surface area contributed by atoms with E-state index >= 15 is 0 Å². The predicted octanol–water partition coefficient (Wildman–Crippen LogP) is 3.28. The summed E-state index contributed by atoms with van der Waals surface area (Å²) in [7, 11) is 0. The Morgan fingerprint density at radius 2 is 2.00 bits per heavy atom. The van der Waals surface area contributed by atoms with Gasteiger partial charge < -0.3 is 5.32 Å². The van der Waals surface area contributed by atoms with Crippen LogP contribution in [0.5, 0.6) is 0 Å². The van der Waals surface area contributed by atoms with Crippen molar-refractivity contribution >= 4 is 0 Å². The summed E-state index contributed by atoms with van der Waals surface area (Å²) in [6.45, 7) is 13.3. The third-order valence-electron chi connectivity index (χ3n) is 4.95. The molecule has 2 nitrogen and oxygen atoms in total. The normalized spacial score (nSPS) is 34.8. The molecule has 0 aromatic heterocycles. The minimum absolute atomic E-state index is 0.391. The molecule has 0 aromatic carbocycles. The SMILES string of the molecule is CC(C)CCCN1CC(C)(C2CC2)NCCC1C. The predicted molar refractivity (Wildman–Crippen MR) is 78.9 cm³/mol. The number of rotatable bonds is 5. The molecule has 2 rings (SSSR count). The van der Waals surface area contributed by atoms with Crippen molar-refractivity contribution < 1.29 is 0 Å². The zero-order valence-corrected chi connectivity index (χ0v) is 12.8. The highest BCUT2D eigenvalue weighted by molar-refractivity contribution is 5.01. The van der Waals surface area contributed by atoms with E-state index < -0.39 is 0 Å². The molecule has 1 saturated carbocycles. The van der Waals surface area contributed by atoms with Crippen LogP contribution in [0.1, 0.15) is 59.8 Å². The summed E-state index contributed by atoms with van der Waals surface area (Å²) in [5.74, 6) is 1.79. The minimum Gasteiger partial charge on any atom is -0.310 e. The Hall–Kier alpha value is -0.0800. The molecule has 2 unspecified atom stereocenters. The molecule has 2 fully saturated rings. The molecule has 1 N–H and O–H groups in total. The Bertz CT molecular complexity index is 260. The molecule has 2 aliphatic rings. The van der Waals surface area contributed by atoms with E-state index in [1.165, 1.54) is 51.7 Å². The maximum Gasteiger partial charge on any atom is 0.0308 e. The molecular weight excluding hydrogens is 220 g/mol. The van der Waals surface area contributed by atoms with Crippen molar-refractivity contribution in [2.24, 2.45) is 11.8 Å². The van der Waals surface area contributed by atoms with Gasteiger partial charge in [-0.25, -0.2) is 0 Å². The van der Waals surface area contributed by atoms with Gasteiger partial charge in [-0.3, -0.25) is 4.90 Å². The van der Waals surface area contributed by atoms with E-state index in [-0.39, 0.29) is 0 Å². The monoisotopic (exact) mass is 252 g/mol. The van der Waals surface area contributed by atoms with Crippen molar-refractivity contribution in [2.75, 3.05) is 19.6 Å². The molecule has 2 heteroatoms. The van der Waals surface area contributed by atoms with Gasteiger partial charge in [-0.2, -0.15) is 0 Å². The Balaban J connectivity index is 1.88. The Labute approximate surface area is 114 Å². The number of hydrogen-bond acceptors (Lipinski definition) is 2. The summed E-state index contributed by atoms with van der Waals surface area (Å²) in [5, 5.41) is 3.84. The fraction of sp³-hybridized carbons (Fsp3) is 1.00. The third-order valence-corrected chi connectivity index (χ3v) is 4.95. The van der Waals surface area contributed by atoms with Crippen molar-refractivity contribution in [3.8, 4) is 0 Å². The Morgan fingerprint density at radius 3 is 2.61 bits per heavy atom. The van der Waals surface area contributed by atoms with Crippen LogP contribution < -0.4 is 5.32 Å². The van der Waals surface area contributed by atoms with Gasteiger partial charge >= 0.3 is 0 Å². The molecule has 1 heterocycles. The van der Waals surface area contributed by atoms with E-state index in [9.17, 15) is 0 Å². The van der Waals surface area contributed by atoms with Crippen LogP contribution in [-0.4, -0.2) is 36.1 Å². The standard InChI is InChI=1S/C16H32N2/c1-13(2)6-5-11-18-12-16(4,15-7-8-15)17-10-9-14(18)3/h13-15,17H,5-12H2,1-4H3. The van der Waals surface area contributed by atoms with Gasteiger partial charge in [-0.15, -0.1) is 0 Å². The fourth-order valence-corrected chi connectivity index (χ4v) is 3.38. The molecule has 1 aliphatic heterocycles. The van der Waals surface area contributed by atoms with Gasteiger partial charge in [0.15, 0.2) is 0 Å². The van der Waals surface area contributed by atoms with Crippen LogP contribution in [0, 0.1) is 11.8 Å². The smallest absolute Gasteiger partial charge is 0.0308 e. The number of nitrogens with one attached hydrogen (secondary N) is 1. The number of hydrogen-bond donors (Lipinski definition) is 1. The van der Waals surface area contributed by atoms with Crippen molar-refractivity contribution in [3.63, 3.8) is 0 Å². The molecule has 1 saturated heterocycles. The van der Waals surface area contributed by atoms with Crippen LogP contribution in [-0.2, 0) is 0 Å². The van der Waals surface area contributed by atoms with Gasteiger partial charge in [0.05, 0.1) is 0 Å². The fourth-order valence-electron chi connectivity index (χ4n) is 3.38. The lowest BCUT2D eigenvalue weighted by atomic mass is 9.95. The molecule has 18 heavy (non-hydrogen) atoms. The van der Waals surface area contributed by atoms with Gasteiger partial charge in [-0.1, -0.05) is 13.8 Å². The molecule has 0 spiro atoms. The molecular formula is C16H32N2. The largest absolute Gasteiger partial charge is 0.310 e. The van der Waals surface area contributed by atoms with Crippen molar-refractivity contribution in [1.82, 2.24) is 10.2 Å². The third kappa shape index (κ3) is 3.71. The molecule has 0 amide bonds. The molecule has 2 atom stereocenters. The van der Waals surface area contributed by atoms with Crippen LogP contribution >= 0.6 is 0 Å². The zero-order valence-electron chi connectivity index (χ0n) is 12.8. The first-order valence-electron chi connectivity index (χ1n) is 8.00. The zero-order chi connectivity index (χ0) is 13.2. The van der Waals surface area contributed by atoms with Crippen LogP contribution in [0.3, 0.4) is 0 Å². The molecule has 0 radical (unpaired) electrons. The van der Waals surface area contributed by atoms with E-state index in [2.05, 4.69) is 37.9 Å². The molecule has 106 valence electrons. The first-order valence-corrected chi connectivity index (χ1v) is 8.00. The first kappa shape index (κ1) is 14.3. The average Bonchev–Trinajstić information content (AvgIpc) is 3.09. The highest BCUT2D eigenvalue weighted by atomic mass is 15.2. The second kappa shape index (κ2) is 5.92. The van der Waals surface area contributed by atoms with Crippen LogP contribution in [0.15, 0.2) is 0 Å². The lowest BCUT2D eigenvalue weighted by molar-refractivity contribution is 0.158. The van der Waals surface area contributed by atoms with Gasteiger partial charge in [0, 0.05) is 18.1 Å². The van der Waals surface area contributed by atoms with E-state index in [1.807, 2.05) is 0 Å². The summed E-state index contributed by atoms with van der Waals surface area (Å²) in [6, 6.07) is 0.755. The van der Waals surface area contributed by atoms with Crippen LogP contribution in [0.25, 0.3) is 0 Å². The summed E-state index contributed by atoms with van der Waals surface area (Å²) >= 11 is 0. The maximum atomic E-state index is 3.84. The van der Waals surface area contributed by atoms with E-state index in [4.69, 9.17) is 0 Å². The van der Waals surface area contributed by atoms with Crippen molar-refractivity contribution in [1.29, 1.82) is 0 Å².